The minimum atomic E-state index is -3.79. The molecule has 1 amide bonds. The molecule has 0 spiro atoms. The summed E-state index contributed by atoms with van der Waals surface area (Å²) < 4.78 is 26.3. The van der Waals surface area contributed by atoms with Crippen molar-refractivity contribution < 1.29 is 13.2 Å². The first-order valence-electron chi connectivity index (χ1n) is 5.95. The molecule has 1 rings (SSSR count). The number of nitrogens with one attached hydrogen (secondary N) is 1. The summed E-state index contributed by atoms with van der Waals surface area (Å²) in [6.45, 7) is 3.36. The number of sulfonamides is 1. The summed E-state index contributed by atoms with van der Waals surface area (Å²) in [6.07, 6.45) is 0. The van der Waals surface area contributed by atoms with E-state index >= 15 is 0 Å². The molecule has 112 valence electrons. The predicted octanol–water partition coefficient (Wildman–Crippen LogP) is 1.18. The highest BCUT2D eigenvalue weighted by atomic mass is 79.9. The number of nitrogen functional groups attached to an aromatic ring is 1. The number of hydrogen-bond donors (Lipinski definition) is 2. The van der Waals surface area contributed by atoms with E-state index in [0.717, 1.165) is 4.31 Å². The Morgan fingerprint density at radius 2 is 2.05 bits per heavy atom. The molecule has 0 saturated carbocycles. The number of nitrogens with zero attached hydrogens (tertiary/aromatic N) is 1. The van der Waals surface area contributed by atoms with Gasteiger partial charge in [-0.1, -0.05) is 15.9 Å². The first-order valence-corrected chi connectivity index (χ1v) is 8.18. The maximum absolute atomic E-state index is 12.3. The molecule has 3 N–H and O–H groups in total. The first kappa shape index (κ1) is 16.9. The van der Waals surface area contributed by atoms with Crippen molar-refractivity contribution in [3.63, 3.8) is 0 Å². The smallest absolute Gasteiger partial charge is 0.245 e. The van der Waals surface area contributed by atoms with Crippen molar-refractivity contribution >= 4 is 37.5 Å². The zero-order chi connectivity index (χ0) is 15.5. The minimum Gasteiger partial charge on any atom is -0.398 e. The third kappa shape index (κ3) is 4.19. The Bertz CT molecular complexity index is 602. The lowest BCUT2D eigenvalue weighted by molar-refractivity contribution is -0.121. The Hall–Kier alpha value is -1.12. The summed E-state index contributed by atoms with van der Waals surface area (Å²) >= 11 is 3.21. The summed E-state index contributed by atoms with van der Waals surface area (Å²) in [5.74, 6) is -0.359. The fraction of sp³-hybridized carbons (Fsp3) is 0.417. The molecule has 1 aromatic carbocycles. The van der Waals surface area contributed by atoms with Gasteiger partial charge in [0.05, 0.1) is 12.2 Å². The Kier molecular flexibility index (Phi) is 5.55. The SMILES string of the molecule is CC(C)NC(=O)CN(C)S(=O)(=O)c1ccc(Br)cc1N. The minimum absolute atomic E-state index is 0.0134. The lowest BCUT2D eigenvalue weighted by Gasteiger charge is -2.18. The highest BCUT2D eigenvalue weighted by Crippen LogP contribution is 2.24. The molecule has 8 heteroatoms. The third-order valence-corrected chi connectivity index (χ3v) is 4.85. The van der Waals surface area contributed by atoms with Gasteiger partial charge in [-0.2, -0.15) is 4.31 Å². The lowest BCUT2D eigenvalue weighted by Crippen LogP contribution is -2.40. The van der Waals surface area contributed by atoms with E-state index in [2.05, 4.69) is 21.2 Å². The van der Waals surface area contributed by atoms with Crippen molar-refractivity contribution in [2.24, 2.45) is 0 Å². The Balaban J connectivity index is 2.95. The van der Waals surface area contributed by atoms with E-state index in [9.17, 15) is 13.2 Å². The molecule has 1 aromatic rings. The van der Waals surface area contributed by atoms with Crippen LogP contribution in [0.3, 0.4) is 0 Å². The molecule has 0 fully saturated rings. The number of rotatable bonds is 5. The molecule has 0 heterocycles. The van der Waals surface area contributed by atoms with Gasteiger partial charge in [0.2, 0.25) is 15.9 Å². The summed E-state index contributed by atoms with van der Waals surface area (Å²) in [5, 5.41) is 2.64. The average molecular weight is 364 g/mol. The van der Waals surface area contributed by atoms with Crippen LogP contribution >= 0.6 is 15.9 Å². The van der Waals surface area contributed by atoms with Crippen molar-refractivity contribution in [2.75, 3.05) is 19.3 Å². The van der Waals surface area contributed by atoms with Crippen LogP contribution in [0.1, 0.15) is 13.8 Å². The number of hydrogen-bond acceptors (Lipinski definition) is 4. The fourth-order valence-electron chi connectivity index (χ4n) is 1.58. The highest BCUT2D eigenvalue weighted by Gasteiger charge is 2.25. The second-order valence-electron chi connectivity index (χ2n) is 4.67. The maximum atomic E-state index is 12.3. The van der Waals surface area contributed by atoms with Gasteiger partial charge in [0.15, 0.2) is 0 Å². The molecule has 20 heavy (non-hydrogen) atoms. The second kappa shape index (κ2) is 6.55. The van der Waals surface area contributed by atoms with Crippen molar-refractivity contribution in [1.82, 2.24) is 9.62 Å². The number of nitrogens with two attached hydrogens (primary N) is 1. The van der Waals surface area contributed by atoms with Crippen LogP contribution < -0.4 is 11.1 Å². The monoisotopic (exact) mass is 363 g/mol. The van der Waals surface area contributed by atoms with Gasteiger partial charge in [0.25, 0.3) is 0 Å². The summed E-state index contributed by atoms with van der Waals surface area (Å²) in [6, 6.07) is 4.46. The molecular weight excluding hydrogens is 346 g/mol. The second-order valence-corrected chi connectivity index (χ2v) is 7.59. The number of carbonyl (C=O) groups excluding carboxylic acids is 1. The number of benzene rings is 1. The zero-order valence-electron chi connectivity index (χ0n) is 11.6. The van der Waals surface area contributed by atoms with Gasteiger partial charge in [-0.15, -0.1) is 0 Å². The molecule has 0 bridgehead atoms. The molecule has 0 aliphatic rings. The molecular formula is C12H18BrN3O3S. The van der Waals surface area contributed by atoms with E-state index in [1.165, 1.54) is 19.2 Å². The molecule has 0 aliphatic carbocycles. The topological polar surface area (TPSA) is 92.5 Å². The van der Waals surface area contributed by atoms with Gasteiger partial charge >= 0.3 is 0 Å². The molecule has 0 atom stereocenters. The van der Waals surface area contributed by atoms with Gasteiger partial charge in [0, 0.05) is 17.6 Å². The molecule has 6 nitrogen and oxygen atoms in total. The zero-order valence-corrected chi connectivity index (χ0v) is 14.0. The van der Waals surface area contributed by atoms with Crippen LogP contribution in [0.4, 0.5) is 5.69 Å². The average Bonchev–Trinajstić information content (AvgIpc) is 2.26. The van der Waals surface area contributed by atoms with E-state index < -0.39 is 10.0 Å². The number of amides is 1. The number of likely N-dealkylation sites (N-methyl/N-ethyl adjacent to an activating group) is 1. The van der Waals surface area contributed by atoms with E-state index in [0.29, 0.717) is 4.47 Å². The van der Waals surface area contributed by atoms with Crippen molar-refractivity contribution in [2.45, 2.75) is 24.8 Å². The third-order valence-electron chi connectivity index (χ3n) is 2.48. The van der Waals surface area contributed by atoms with Gasteiger partial charge in [0.1, 0.15) is 4.90 Å². The summed E-state index contributed by atoms with van der Waals surface area (Å²) in [4.78, 5) is 11.6. The van der Waals surface area contributed by atoms with Crippen molar-refractivity contribution in [1.29, 1.82) is 0 Å². The quantitative estimate of drug-likeness (QED) is 0.768. The van der Waals surface area contributed by atoms with Crippen LogP contribution in [-0.4, -0.2) is 38.3 Å². The van der Waals surface area contributed by atoms with E-state index in [1.807, 2.05) is 0 Å². The van der Waals surface area contributed by atoms with Crippen LogP contribution in [0.25, 0.3) is 0 Å². The number of carbonyl (C=O) groups is 1. The van der Waals surface area contributed by atoms with Gasteiger partial charge in [-0.25, -0.2) is 8.42 Å². The van der Waals surface area contributed by atoms with Crippen LogP contribution in [0.5, 0.6) is 0 Å². The fourth-order valence-corrected chi connectivity index (χ4v) is 3.18. The van der Waals surface area contributed by atoms with Gasteiger partial charge in [-0.05, 0) is 32.0 Å². The van der Waals surface area contributed by atoms with Crippen molar-refractivity contribution in [3.05, 3.63) is 22.7 Å². The molecule has 0 saturated heterocycles. The summed E-state index contributed by atoms with van der Waals surface area (Å²) in [7, 11) is -2.45. The van der Waals surface area contributed by atoms with Gasteiger partial charge in [-0.3, -0.25) is 4.79 Å². The maximum Gasteiger partial charge on any atom is 0.245 e. The molecule has 0 aliphatic heterocycles. The Morgan fingerprint density at radius 3 is 2.55 bits per heavy atom. The molecule has 0 aromatic heterocycles. The largest absolute Gasteiger partial charge is 0.398 e. The standard InChI is InChI=1S/C12H18BrN3O3S/c1-8(2)15-12(17)7-16(3)20(18,19)11-5-4-9(13)6-10(11)14/h4-6,8H,7,14H2,1-3H3,(H,15,17). The van der Waals surface area contributed by atoms with Crippen LogP contribution in [-0.2, 0) is 14.8 Å². The van der Waals surface area contributed by atoms with Crippen LogP contribution in [0, 0.1) is 0 Å². The van der Waals surface area contributed by atoms with Crippen LogP contribution in [0.15, 0.2) is 27.6 Å². The van der Waals surface area contributed by atoms with E-state index in [4.69, 9.17) is 5.73 Å². The lowest BCUT2D eigenvalue weighted by atomic mass is 10.3. The van der Waals surface area contributed by atoms with E-state index in [-0.39, 0.29) is 29.1 Å². The normalized spacial score (nSPS) is 11.9. The van der Waals surface area contributed by atoms with Gasteiger partial charge < -0.3 is 11.1 Å². The number of halogens is 1. The van der Waals surface area contributed by atoms with Crippen LogP contribution in [0.2, 0.25) is 0 Å². The summed E-state index contributed by atoms with van der Waals surface area (Å²) in [5.41, 5.74) is 5.86. The molecule has 0 radical (unpaired) electrons. The predicted molar refractivity (Wildman–Crippen MR) is 81.6 cm³/mol. The molecule has 0 unspecified atom stereocenters. The highest BCUT2D eigenvalue weighted by molar-refractivity contribution is 9.10. The number of anilines is 1. The van der Waals surface area contributed by atoms with Crippen molar-refractivity contribution in [3.8, 4) is 0 Å². The first-order chi connectivity index (χ1) is 9.14. The Labute approximate surface area is 127 Å². The Morgan fingerprint density at radius 1 is 1.45 bits per heavy atom. The van der Waals surface area contributed by atoms with E-state index in [1.54, 1.807) is 19.9 Å².